The summed E-state index contributed by atoms with van der Waals surface area (Å²) in [7, 11) is 0. The van der Waals surface area contributed by atoms with Crippen LogP contribution in [0, 0.1) is 5.92 Å². The standard InChI is InChI=1S/C38H63N5O7/c1-4-6-8-10-12-14-16-18-20-22-24-47-37(45)49-27-30-29(3)31(43-28-40-33-34(43)41-36(39)42-35(33)44)26-32(30)50-38(46)48-25-23-21-19-17-15-13-11-9-7-5-2/h28,30-32H,3-27H2,1-2H3,(H3,39,41,42,44)/t30-,31-,32-/m0/s1. The lowest BCUT2D eigenvalue weighted by Crippen LogP contribution is -2.28. The molecule has 2 heterocycles. The molecule has 0 unspecified atom stereocenters. The van der Waals surface area contributed by atoms with E-state index in [-0.39, 0.29) is 36.9 Å². The van der Waals surface area contributed by atoms with Crippen LogP contribution in [-0.2, 0) is 18.9 Å². The molecular weight excluding hydrogens is 638 g/mol. The molecule has 0 radical (unpaired) electrons. The molecule has 0 aliphatic heterocycles. The molecule has 0 saturated heterocycles. The first-order chi connectivity index (χ1) is 24.3. The van der Waals surface area contributed by atoms with Gasteiger partial charge in [-0.3, -0.25) is 9.78 Å². The number of imidazole rings is 1. The van der Waals surface area contributed by atoms with Crippen LogP contribution in [-0.4, -0.2) is 57.8 Å². The summed E-state index contributed by atoms with van der Waals surface area (Å²) in [6.07, 6.45) is 23.2. The van der Waals surface area contributed by atoms with Crippen molar-refractivity contribution in [3.63, 3.8) is 0 Å². The molecule has 12 nitrogen and oxygen atoms in total. The van der Waals surface area contributed by atoms with E-state index in [9.17, 15) is 14.4 Å². The molecule has 3 N–H and O–H groups in total. The van der Waals surface area contributed by atoms with Gasteiger partial charge >= 0.3 is 12.3 Å². The lowest BCUT2D eigenvalue weighted by Gasteiger charge is -2.20. The Hall–Kier alpha value is -3.57. The number of nitrogens with two attached hydrogens (primary N) is 1. The number of nitrogen functional groups attached to an aromatic ring is 1. The highest BCUT2D eigenvalue weighted by atomic mass is 16.7. The molecule has 2 aromatic rings. The highest BCUT2D eigenvalue weighted by molar-refractivity contribution is 5.71. The van der Waals surface area contributed by atoms with Crippen molar-refractivity contribution in [2.75, 3.05) is 25.6 Å². The zero-order valence-electron chi connectivity index (χ0n) is 30.8. The lowest BCUT2D eigenvalue weighted by atomic mass is 10.0. The molecule has 0 bridgehead atoms. The second-order valence-electron chi connectivity index (χ2n) is 13.7. The Kier molecular flexibility index (Phi) is 19.4. The number of nitrogens with zero attached hydrogens (tertiary/aromatic N) is 3. The maximum atomic E-state index is 12.8. The van der Waals surface area contributed by atoms with E-state index in [0.717, 1.165) is 38.5 Å². The number of anilines is 1. The van der Waals surface area contributed by atoms with Gasteiger partial charge in [-0.25, -0.2) is 14.6 Å². The summed E-state index contributed by atoms with van der Waals surface area (Å²) in [5, 5.41) is 0. The van der Waals surface area contributed by atoms with Gasteiger partial charge in [-0.2, -0.15) is 4.98 Å². The third kappa shape index (κ3) is 14.3. The van der Waals surface area contributed by atoms with Crippen molar-refractivity contribution in [3.05, 3.63) is 28.8 Å². The van der Waals surface area contributed by atoms with Gasteiger partial charge in [-0.1, -0.05) is 136 Å². The second-order valence-corrected chi connectivity index (χ2v) is 13.7. The van der Waals surface area contributed by atoms with Crippen LogP contribution in [0.2, 0.25) is 0 Å². The van der Waals surface area contributed by atoms with E-state index in [1.54, 1.807) is 4.57 Å². The summed E-state index contributed by atoms with van der Waals surface area (Å²) >= 11 is 0. The first-order valence-electron chi connectivity index (χ1n) is 19.4. The third-order valence-corrected chi connectivity index (χ3v) is 9.66. The van der Waals surface area contributed by atoms with Crippen LogP contribution >= 0.6 is 0 Å². The fourth-order valence-electron chi connectivity index (χ4n) is 6.68. The van der Waals surface area contributed by atoms with E-state index in [1.165, 1.54) is 96.2 Å². The number of unbranched alkanes of at least 4 members (excludes halogenated alkanes) is 18. The molecule has 0 amide bonds. The molecule has 0 spiro atoms. The van der Waals surface area contributed by atoms with Gasteiger partial charge in [0.05, 0.1) is 31.5 Å². The predicted octanol–water partition coefficient (Wildman–Crippen LogP) is 9.34. The van der Waals surface area contributed by atoms with E-state index < -0.39 is 35.9 Å². The summed E-state index contributed by atoms with van der Waals surface area (Å²) in [6, 6.07) is -0.440. The zero-order valence-corrected chi connectivity index (χ0v) is 30.8. The number of carbonyl (C=O) groups excluding carboxylic acids is 2. The number of carbonyl (C=O) groups is 2. The molecule has 50 heavy (non-hydrogen) atoms. The predicted molar refractivity (Wildman–Crippen MR) is 196 cm³/mol. The molecule has 282 valence electrons. The Labute approximate surface area is 298 Å². The molecule has 1 aliphatic carbocycles. The molecule has 1 aliphatic rings. The maximum Gasteiger partial charge on any atom is 0.508 e. The van der Waals surface area contributed by atoms with Crippen molar-refractivity contribution in [2.24, 2.45) is 5.92 Å². The summed E-state index contributed by atoms with van der Waals surface area (Å²) in [6.45, 7) is 9.20. The number of rotatable bonds is 26. The van der Waals surface area contributed by atoms with Crippen LogP contribution in [0.25, 0.3) is 11.2 Å². The van der Waals surface area contributed by atoms with Crippen LogP contribution in [0.15, 0.2) is 23.3 Å². The summed E-state index contributed by atoms with van der Waals surface area (Å²) in [4.78, 5) is 48.6. The van der Waals surface area contributed by atoms with Crippen LogP contribution in [0.1, 0.15) is 155 Å². The van der Waals surface area contributed by atoms with E-state index in [2.05, 4.69) is 35.4 Å². The van der Waals surface area contributed by atoms with Crippen molar-refractivity contribution in [1.29, 1.82) is 0 Å². The second kappa shape index (κ2) is 23.8. The van der Waals surface area contributed by atoms with Gasteiger partial charge in [0, 0.05) is 6.42 Å². The highest BCUT2D eigenvalue weighted by Gasteiger charge is 2.43. The number of fused-ring (bicyclic) bond motifs is 1. The summed E-state index contributed by atoms with van der Waals surface area (Å²) in [5.74, 6) is -0.576. The van der Waals surface area contributed by atoms with Crippen LogP contribution in [0.4, 0.5) is 15.5 Å². The molecular formula is C38H63N5O7. The van der Waals surface area contributed by atoms with Gasteiger partial charge in [0.25, 0.3) is 5.56 Å². The minimum atomic E-state index is -0.776. The Morgan fingerprint density at radius 1 is 0.800 bits per heavy atom. The van der Waals surface area contributed by atoms with Gasteiger partial charge in [0.1, 0.15) is 12.7 Å². The normalized spacial score (nSPS) is 17.3. The van der Waals surface area contributed by atoms with Gasteiger partial charge in [0.15, 0.2) is 11.2 Å². The quantitative estimate of drug-likeness (QED) is 0.0549. The van der Waals surface area contributed by atoms with Crippen molar-refractivity contribution in [1.82, 2.24) is 19.5 Å². The SMILES string of the molecule is C=C1[C@H](COC(=O)OCCCCCCCCCCCC)[C@@H](OC(=O)OCCCCCCCCCCCC)C[C@@H]1n1cnc2c(=O)[nH]c(N)nc21. The zero-order chi connectivity index (χ0) is 36.0. The largest absolute Gasteiger partial charge is 0.508 e. The molecule has 1 fully saturated rings. The van der Waals surface area contributed by atoms with Crippen LogP contribution in [0.3, 0.4) is 0 Å². The molecule has 12 heteroatoms. The number of hydrogen-bond donors (Lipinski definition) is 2. The van der Waals surface area contributed by atoms with Gasteiger partial charge in [0.2, 0.25) is 5.95 Å². The van der Waals surface area contributed by atoms with Crippen molar-refractivity contribution < 1.29 is 28.5 Å². The Balaban J connectivity index is 1.46. The smallest absolute Gasteiger partial charge is 0.434 e. The topological polar surface area (TPSA) is 161 Å². The fraction of sp³-hybridized carbons (Fsp3) is 0.763. The Morgan fingerprint density at radius 2 is 1.30 bits per heavy atom. The minimum Gasteiger partial charge on any atom is -0.434 e. The van der Waals surface area contributed by atoms with Gasteiger partial charge < -0.3 is 29.2 Å². The third-order valence-electron chi connectivity index (χ3n) is 9.66. The number of hydrogen-bond acceptors (Lipinski definition) is 10. The molecule has 2 aromatic heterocycles. The van der Waals surface area contributed by atoms with E-state index in [4.69, 9.17) is 24.7 Å². The fourth-order valence-corrected chi connectivity index (χ4v) is 6.68. The summed E-state index contributed by atoms with van der Waals surface area (Å²) < 4.78 is 23.7. The van der Waals surface area contributed by atoms with Gasteiger partial charge in [-0.15, -0.1) is 0 Å². The summed E-state index contributed by atoms with van der Waals surface area (Å²) in [5.41, 5.74) is 6.42. The first kappa shape index (κ1) is 40.9. The number of ether oxygens (including phenoxy) is 4. The van der Waals surface area contributed by atoms with Crippen molar-refractivity contribution >= 4 is 29.4 Å². The van der Waals surface area contributed by atoms with Crippen molar-refractivity contribution in [3.8, 4) is 0 Å². The maximum absolute atomic E-state index is 12.8. The Morgan fingerprint density at radius 3 is 1.84 bits per heavy atom. The number of H-pyrrole nitrogens is 1. The van der Waals surface area contributed by atoms with E-state index in [0.29, 0.717) is 12.0 Å². The lowest BCUT2D eigenvalue weighted by molar-refractivity contribution is -0.00575. The van der Waals surface area contributed by atoms with E-state index in [1.807, 2.05) is 0 Å². The number of aromatic amines is 1. The first-order valence-corrected chi connectivity index (χ1v) is 19.4. The van der Waals surface area contributed by atoms with Gasteiger partial charge in [-0.05, 0) is 18.4 Å². The molecule has 0 aromatic carbocycles. The highest BCUT2D eigenvalue weighted by Crippen LogP contribution is 2.42. The monoisotopic (exact) mass is 701 g/mol. The molecule has 1 saturated carbocycles. The Bertz CT molecular complexity index is 1340. The number of aromatic nitrogens is 4. The van der Waals surface area contributed by atoms with E-state index >= 15 is 0 Å². The average molecular weight is 702 g/mol. The van der Waals surface area contributed by atoms with Crippen LogP contribution in [0.5, 0.6) is 0 Å². The van der Waals surface area contributed by atoms with Crippen LogP contribution < -0.4 is 11.3 Å². The minimum absolute atomic E-state index is 0.0405. The number of nitrogens with one attached hydrogen (secondary N) is 1. The van der Waals surface area contributed by atoms with Crippen molar-refractivity contribution in [2.45, 2.75) is 161 Å². The average Bonchev–Trinajstić information content (AvgIpc) is 3.65. The molecule has 3 rings (SSSR count). The molecule has 3 atom stereocenters.